The molecule has 1 rings (SSSR count). The summed E-state index contributed by atoms with van der Waals surface area (Å²) in [5.74, 6) is 0.438. The molecule has 0 aromatic carbocycles. The van der Waals surface area contributed by atoms with Crippen LogP contribution in [0, 0.1) is 5.92 Å². The molecule has 1 unspecified atom stereocenters. The molecule has 1 amide bonds. The van der Waals surface area contributed by atoms with Crippen molar-refractivity contribution in [2.24, 2.45) is 5.92 Å². The topological polar surface area (TPSA) is 40.5 Å². The molecule has 1 atom stereocenters. The smallest absolute Gasteiger partial charge is 0.222 e. The van der Waals surface area contributed by atoms with Crippen LogP contribution in [0.3, 0.4) is 0 Å². The number of carbonyl (C=O) groups excluding carboxylic acids is 1. The molecule has 1 saturated heterocycles. The average Bonchev–Trinajstić information content (AvgIpc) is 2.32. The highest BCUT2D eigenvalue weighted by atomic mass is 16.3. The number of aliphatic hydroxyl groups is 1. The van der Waals surface area contributed by atoms with Crippen molar-refractivity contribution in [3.63, 3.8) is 0 Å². The number of nitrogens with zero attached hydrogens (tertiary/aromatic N) is 1. The number of hydrogen-bond acceptors (Lipinski definition) is 2. The van der Waals surface area contributed by atoms with Crippen LogP contribution in [0.4, 0.5) is 0 Å². The van der Waals surface area contributed by atoms with E-state index in [0.717, 1.165) is 25.8 Å². The molecule has 1 heterocycles. The third-order valence-electron chi connectivity index (χ3n) is 2.85. The molecule has 0 aromatic heterocycles. The van der Waals surface area contributed by atoms with Crippen LogP contribution in [0.15, 0.2) is 0 Å². The van der Waals surface area contributed by atoms with Gasteiger partial charge in [0, 0.05) is 19.5 Å². The Morgan fingerprint density at radius 3 is 2.71 bits per heavy atom. The molecule has 0 saturated carbocycles. The van der Waals surface area contributed by atoms with Crippen molar-refractivity contribution in [2.45, 2.75) is 45.6 Å². The van der Waals surface area contributed by atoms with Gasteiger partial charge in [-0.3, -0.25) is 4.79 Å². The predicted molar refractivity (Wildman–Crippen MR) is 55.9 cm³/mol. The fraction of sp³-hybridized carbons (Fsp3) is 0.909. The molecule has 1 N–H and O–H groups in total. The highest BCUT2D eigenvalue weighted by molar-refractivity contribution is 5.76. The number of aliphatic hydroxyl groups excluding tert-OH is 1. The van der Waals surface area contributed by atoms with Gasteiger partial charge in [-0.2, -0.15) is 0 Å². The zero-order valence-corrected chi connectivity index (χ0v) is 9.20. The van der Waals surface area contributed by atoms with Crippen molar-refractivity contribution in [3.8, 4) is 0 Å². The Bertz CT molecular complexity index is 192. The van der Waals surface area contributed by atoms with Crippen molar-refractivity contribution in [3.05, 3.63) is 0 Å². The van der Waals surface area contributed by atoms with Gasteiger partial charge in [-0.05, 0) is 18.8 Å². The van der Waals surface area contributed by atoms with Crippen LogP contribution in [-0.2, 0) is 4.79 Å². The molecule has 1 fully saturated rings. The highest BCUT2D eigenvalue weighted by Crippen LogP contribution is 2.13. The molecular weight excluding hydrogens is 178 g/mol. The van der Waals surface area contributed by atoms with Crippen molar-refractivity contribution in [2.75, 3.05) is 13.1 Å². The quantitative estimate of drug-likeness (QED) is 0.746. The summed E-state index contributed by atoms with van der Waals surface area (Å²) in [6.45, 7) is 5.29. The summed E-state index contributed by atoms with van der Waals surface area (Å²) >= 11 is 0. The number of hydrogen-bond donors (Lipinski definition) is 1. The summed E-state index contributed by atoms with van der Waals surface area (Å²) in [7, 11) is 0. The average molecular weight is 199 g/mol. The van der Waals surface area contributed by atoms with Crippen molar-refractivity contribution < 1.29 is 9.90 Å². The first kappa shape index (κ1) is 11.5. The normalized spacial score (nSPS) is 21.1. The standard InChI is InChI=1S/C11H21NO2/c1-9(2)10(13)8-12-7-5-3-4-6-11(12)14/h9-10,13H,3-8H2,1-2H3. The van der Waals surface area contributed by atoms with E-state index in [1.165, 1.54) is 0 Å². The summed E-state index contributed by atoms with van der Waals surface area (Å²) in [5.41, 5.74) is 0. The van der Waals surface area contributed by atoms with Gasteiger partial charge in [0.2, 0.25) is 5.91 Å². The monoisotopic (exact) mass is 199 g/mol. The Morgan fingerprint density at radius 1 is 1.36 bits per heavy atom. The van der Waals surface area contributed by atoms with E-state index in [1.54, 1.807) is 0 Å². The van der Waals surface area contributed by atoms with Crippen molar-refractivity contribution >= 4 is 5.91 Å². The zero-order chi connectivity index (χ0) is 10.6. The maximum Gasteiger partial charge on any atom is 0.222 e. The molecule has 0 radical (unpaired) electrons. The van der Waals surface area contributed by atoms with Crippen LogP contribution >= 0.6 is 0 Å². The van der Waals surface area contributed by atoms with E-state index in [1.807, 2.05) is 18.7 Å². The lowest BCUT2D eigenvalue weighted by Gasteiger charge is -2.25. The summed E-state index contributed by atoms with van der Waals surface area (Å²) in [4.78, 5) is 13.4. The minimum Gasteiger partial charge on any atom is -0.391 e. The van der Waals surface area contributed by atoms with Crippen molar-refractivity contribution in [1.29, 1.82) is 0 Å². The van der Waals surface area contributed by atoms with E-state index in [2.05, 4.69) is 0 Å². The van der Waals surface area contributed by atoms with Gasteiger partial charge in [-0.25, -0.2) is 0 Å². The van der Waals surface area contributed by atoms with E-state index >= 15 is 0 Å². The van der Waals surface area contributed by atoms with E-state index in [0.29, 0.717) is 13.0 Å². The van der Waals surface area contributed by atoms with Crippen LogP contribution in [0.2, 0.25) is 0 Å². The summed E-state index contributed by atoms with van der Waals surface area (Å²) in [6.07, 6.45) is 3.51. The molecule has 3 nitrogen and oxygen atoms in total. The van der Waals surface area contributed by atoms with E-state index in [9.17, 15) is 9.90 Å². The van der Waals surface area contributed by atoms with Crippen LogP contribution in [0.25, 0.3) is 0 Å². The molecule has 82 valence electrons. The highest BCUT2D eigenvalue weighted by Gasteiger charge is 2.20. The molecule has 0 spiro atoms. The Balaban J connectivity index is 2.44. The maximum atomic E-state index is 11.6. The number of amides is 1. The first-order valence-corrected chi connectivity index (χ1v) is 5.57. The Labute approximate surface area is 86.1 Å². The summed E-state index contributed by atoms with van der Waals surface area (Å²) in [5, 5.41) is 9.69. The van der Waals surface area contributed by atoms with E-state index < -0.39 is 0 Å². The fourth-order valence-electron chi connectivity index (χ4n) is 1.67. The molecule has 14 heavy (non-hydrogen) atoms. The third-order valence-corrected chi connectivity index (χ3v) is 2.85. The molecule has 0 bridgehead atoms. The number of likely N-dealkylation sites (tertiary alicyclic amines) is 1. The Kier molecular flexibility index (Phi) is 4.39. The van der Waals surface area contributed by atoms with Crippen molar-refractivity contribution in [1.82, 2.24) is 4.90 Å². The van der Waals surface area contributed by atoms with Gasteiger partial charge in [0.15, 0.2) is 0 Å². The Hall–Kier alpha value is -0.570. The largest absolute Gasteiger partial charge is 0.391 e. The number of rotatable bonds is 3. The second-order valence-corrected chi connectivity index (χ2v) is 4.46. The molecule has 1 aliphatic rings. The molecular formula is C11H21NO2. The summed E-state index contributed by atoms with van der Waals surface area (Å²) in [6, 6.07) is 0. The summed E-state index contributed by atoms with van der Waals surface area (Å²) < 4.78 is 0. The molecule has 0 aliphatic carbocycles. The first-order valence-electron chi connectivity index (χ1n) is 5.57. The molecule has 0 aromatic rings. The lowest BCUT2D eigenvalue weighted by atomic mass is 10.1. The van der Waals surface area contributed by atoms with Gasteiger partial charge in [0.25, 0.3) is 0 Å². The van der Waals surface area contributed by atoms with Crippen LogP contribution in [-0.4, -0.2) is 35.1 Å². The van der Waals surface area contributed by atoms with Gasteiger partial charge in [0.05, 0.1) is 6.10 Å². The second kappa shape index (κ2) is 5.35. The zero-order valence-electron chi connectivity index (χ0n) is 9.20. The molecule has 3 heteroatoms. The van der Waals surface area contributed by atoms with E-state index in [4.69, 9.17) is 0 Å². The third kappa shape index (κ3) is 3.29. The maximum absolute atomic E-state index is 11.6. The van der Waals surface area contributed by atoms with Crippen LogP contribution < -0.4 is 0 Å². The molecule has 1 aliphatic heterocycles. The van der Waals surface area contributed by atoms with Gasteiger partial charge in [0.1, 0.15) is 0 Å². The fourth-order valence-corrected chi connectivity index (χ4v) is 1.67. The van der Waals surface area contributed by atoms with E-state index in [-0.39, 0.29) is 17.9 Å². The number of β-amino-alcohol motifs (C(OH)–C–C–N with tert-alkyl or cyclic N) is 1. The lowest BCUT2D eigenvalue weighted by molar-refractivity contribution is -0.132. The second-order valence-electron chi connectivity index (χ2n) is 4.46. The SMILES string of the molecule is CC(C)C(O)CN1CCCCCC1=O. The van der Waals surface area contributed by atoms with Crippen LogP contribution in [0.5, 0.6) is 0 Å². The van der Waals surface area contributed by atoms with Gasteiger partial charge in [-0.15, -0.1) is 0 Å². The minimum absolute atomic E-state index is 0.210. The van der Waals surface area contributed by atoms with Crippen LogP contribution in [0.1, 0.15) is 39.5 Å². The first-order chi connectivity index (χ1) is 6.61. The van der Waals surface area contributed by atoms with Gasteiger partial charge < -0.3 is 10.0 Å². The van der Waals surface area contributed by atoms with Gasteiger partial charge >= 0.3 is 0 Å². The lowest BCUT2D eigenvalue weighted by Crippen LogP contribution is -2.39. The predicted octanol–water partition coefficient (Wildman–Crippen LogP) is 1.41. The van der Waals surface area contributed by atoms with Gasteiger partial charge in [-0.1, -0.05) is 20.3 Å². The Morgan fingerprint density at radius 2 is 2.07 bits per heavy atom. The number of carbonyl (C=O) groups is 1. The minimum atomic E-state index is -0.378.